The topological polar surface area (TPSA) is 110 Å². The van der Waals surface area contributed by atoms with Crippen molar-refractivity contribution in [1.29, 1.82) is 0 Å². The summed E-state index contributed by atoms with van der Waals surface area (Å²) in [5.74, 6) is -1.84. The highest BCUT2D eigenvalue weighted by molar-refractivity contribution is 7.89. The summed E-state index contributed by atoms with van der Waals surface area (Å²) in [6.07, 6.45) is 0.657. The fourth-order valence-corrected chi connectivity index (χ4v) is 6.28. The van der Waals surface area contributed by atoms with Gasteiger partial charge in [0, 0.05) is 23.9 Å². The molecule has 1 saturated heterocycles. The lowest BCUT2D eigenvalue weighted by Gasteiger charge is -2.30. The number of primary amides is 1. The monoisotopic (exact) mass is 487 g/mol. The molecule has 1 aliphatic heterocycles. The third kappa shape index (κ3) is 4.97. The minimum atomic E-state index is -3.76. The van der Waals surface area contributed by atoms with Crippen molar-refractivity contribution in [3.63, 3.8) is 0 Å². The van der Waals surface area contributed by atoms with Crippen molar-refractivity contribution in [3.05, 3.63) is 72.0 Å². The van der Waals surface area contributed by atoms with Gasteiger partial charge in [-0.2, -0.15) is 4.31 Å². The molecule has 3 aromatic rings. The number of thiophene rings is 1. The molecule has 7 nitrogen and oxygen atoms in total. The van der Waals surface area contributed by atoms with Gasteiger partial charge in [-0.25, -0.2) is 12.8 Å². The molecule has 33 heavy (non-hydrogen) atoms. The highest BCUT2D eigenvalue weighted by Crippen LogP contribution is 2.36. The smallest absolute Gasteiger partial charge is 0.251 e. The first-order chi connectivity index (χ1) is 15.8. The molecule has 0 unspecified atom stereocenters. The molecule has 0 radical (unpaired) electrons. The summed E-state index contributed by atoms with van der Waals surface area (Å²) in [4.78, 5) is 25.6. The van der Waals surface area contributed by atoms with E-state index in [1.165, 1.54) is 27.8 Å². The summed E-state index contributed by atoms with van der Waals surface area (Å²) in [5, 5.41) is 3.19. The van der Waals surface area contributed by atoms with Crippen molar-refractivity contribution in [2.45, 2.75) is 17.7 Å². The Labute approximate surface area is 195 Å². The number of halogens is 1. The Bertz CT molecular complexity index is 1270. The number of hydrogen-bond acceptors (Lipinski definition) is 5. The largest absolute Gasteiger partial charge is 0.366 e. The van der Waals surface area contributed by atoms with E-state index in [0.717, 1.165) is 22.6 Å². The zero-order chi connectivity index (χ0) is 23.6. The van der Waals surface area contributed by atoms with Crippen LogP contribution in [0.3, 0.4) is 0 Å². The first-order valence-electron chi connectivity index (χ1n) is 10.3. The molecule has 2 heterocycles. The number of piperidine rings is 1. The molecule has 172 valence electrons. The lowest BCUT2D eigenvalue weighted by molar-refractivity contribution is -0.120. The van der Waals surface area contributed by atoms with Gasteiger partial charge >= 0.3 is 0 Å². The van der Waals surface area contributed by atoms with Crippen molar-refractivity contribution in [2.75, 3.05) is 18.4 Å². The highest BCUT2D eigenvalue weighted by Gasteiger charge is 2.32. The number of anilines is 1. The van der Waals surface area contributed by atoms with Gasteiger partial charge in [-0.05, 0) is 48.7 Å². The van der Waals surface area contributed by atoms with Gasteiger partial charge in [0.2, 0.25) is 15.9 Å². The highest BCUT2D eigenvalue weighted by atomic mass is 32.2. The van der Waals surface area contributed by atoms with E-state index in [0.29, 0.717) is 17.8 Å². The zero-order valence-electron chi connectivity index (χ0n) is 17.5. The summed E-state index contributed by atoms with van der Waals surface area (Å²) in [5.41, 5.74) is 6.66. The van der Waals surface area contributed by atoms with Crippen molar-refractivity contribution >= 4 is 38.2 Å². The van der Waals surface area contributed by atoms with Crippen LogP contribution in [0.1, 0.15) is 23.2 Å². The Morgan fingerprint density at radius 1 is 1.03 bits per heavy atom. The average Bonchev–Trinajstić information content (AvgIpc) is 3.24. The van der Waals surface area contributed by atoms with Crippen molar-refractivity contribution in [3.8, 4) is 10.4 Å². The average molecular weight is 488 g/mol. The maximum Gasteiger partial charge on any atom is 0.251 e. The van der Waals surface area contributed by atoms with E-state index < -0.39 is 27.7 Å². The maximum atomic E-state index is 13.1. The van der Waals surface area contributed by atoms with Gasteiger partial charge in [0.1, 0.15) is 10.8 Å². The first-order valence-corrected chi connectivity index (χ1v) is 12.6. The number of carbonyl (C=O) groups excluding carboxylic acids is 2. The van der Waals surface area contributed by atoms with E-state index in [1.807, 2.05) is 30.3 Å². The van der Waals surface area contributed by atoms with E-state index in [2.05, 4.69) is 5.32 Å². The summed E-state index contributed by atoms with van der Waals surface area (Å²) in [7, 11) is -3.76. The van der Waals surface area contributed by atoms with Crippen molar-refractivity contribution < 1.29 is 22.4 Å². The SMILES string of the molecule is NC(=O)c1cc(-c2ccccc2)sc1NC(=O)C1CCN(S(=O)(=O)c2ccc(F)cc2)CC1. The van der Waals surface area contributed by atoms with Crippen LogP contribution in [0.25, 0.3) is 10.4 Å². The molecule has 4 rings (SSSR count). The van der Waals surface area contributed by atoms with Crippen LogP contribution in [-0.4, -0.2) is 37.6 Å². The Hall–Kier alpha value is -3.08. The molecule has 1 aliphatic rings. The molecule has 0 bridgehead atoms. The minimum Gasteiger partial charge on any atom is -0.366 e. The second-order valence-corrected chi connectivity index (χ2v) is 10.7. The minimum absolute atomic E-state index is 0.0185. The Morgan fingerprint density at radius 2 is 1.67 bits per heavy atom. The maximum absolute atomic E-state index is 13.1. The fraction of sp³-hybridized carbons (Fsp3) is 0.217. The van der Waals surface area contributed by atoms with Crippen LogP contribution in [0.5, 0.6) is 0 Å². The molecule has 1 fully saturated rings. The van der Waals surface area contributed by atoms with Gasteiger partial charge in [0.25, 0.3) is 5.91 Å². The Balaban J connectivity index is 1.44. The molecule has 2 aromatic carbocycles. The second-order valence-electron chi connectivity index (χ2n) is 7.71. The normalized spacial score (nSPS) is 15.3. The quantitative estimate of drug-likeness (QED) is 0.553. The fourth-order valence-electron chi connectivity index (χ4n) is 3.74. The van der Waals surface area contributed by atoms with Gasteiger partial charge in [-0.3, -0.25) is 9.59 Å². The first kappa shape index (κ1) is 23.1. The summed E-state index contributed by atoms with van der Waals surface area (Å²) >= 11 is 1.27. The van der Waals surface area contributed by atoms with E-state index in [-0.39, 0.29) is 29.5 Å². The standard InChI is InChI=1S/C23H22FN3O4S2/c24-17-6-8-18(9-7-17)33(30,31)27-12-10-16(11-13-27)22(29)26-23-19(21(25)28)14-20(32-23)15-4-2-1-3-5-15/h1-9,14,16H,10-13H2,(H2,25,28)(H,26,29). The molecule has 0 saturated carbocycles. The van der Waals surface area contributed by atoms with Crippen LogP contribution in [-0.2, 0) is 14.8 Å². The predicted molar refractivity (Wildman–Crippen MR) is 125 cm³/mol. The molecular formula is C23H22FN3O4S2. The Morgan fingerprint density at radius 3 is 2.27 bits per heavy atom. The molecule has 10 heteroatoms. The molecule has 1 aromatic heterocycles. The van der Waals surface area contributed by atoms with E-state index in [1.54, 1.807) is 6.07 Å². The van der Waals surface area contributed by atoms with Gasteiger partial charge < -0.3 is 11.1 Å². The van der Waals surface area contributed by atoms with Gasteiger partial charge in [-0.1, -0.05) is 30.3 Å². The van der Waals surface area contributed by atoms with Crippen LogP contribution in [0.4, 0.5) is 9.39 Å². The molecular weight excluding hydrogens is 465 g/mol. The van der Waals surface area contributed by atoms with Crippen LogP contribution in [0.2, 0.25) is 0 Å². The van der Waals surface area contributed by atoms with Crippen LogP contribution >= 0.6 is 11.3 Å². The van der Waals surface area contributed by atoms with E-state index >= 15 is 0 Å². The van der Waals surface area contributed by atoms with E-state index in [9.17, 15) is 22.4 Å². The number of nitrogens with zero attached hydrogens (tertiary/aromatic N) is 1. The third-order valence-electron chi connectivity index (χ3n) is 5.57. The van der Waals surface area contributed by atoms with Gasteiger partial charge in [0.05, 0.1) is 10.5 Å². The molecule has 0 spiro atoms. The summed E-state index contributed by atoms with van der Waals surface area (Å²) in [6.45, 7) is 0.334. The number of rotatable bonds is 6. The van der Waals surface area contributed by atoms with Crippen molar-refractivity contribution in [1.82, 2.24) is 4.31 Å². The number of amides is 2. The lowest BCUT2D eigenvalue weighted by Crippen LogP contribution is -2.41. The number of hydrogen-bond donors (Lipinski definition) is 2. The van der Waals surface area contributed by atoms with Crippen LogP contribution in [0, 0.1) is 11.7 Å². The zero-order valence-corrected chi connectivity index (χ0v) is 19.2. The lowest BCUT2D eigenvalue weighted by atomic mass is 9.97. The number of nitrogens with one attached hydrogen (secondary N) is 1. The molecule has 0 atom stereocenters. The molecule has 0 aliphatic carbocycles. The number of sulfonamides is 1. The third-order valence-corrected chi connectivity index (χ3v) is 8.58. The second kappa shape index (κ2) is 9.42. The summed E-state index contributed by atoms with van der Waals surface area (Å²) in [6, 6.07) is 15.8. The predicted octanol–water partition coefficient (Wildman–Crippen LogP) is 3.69. The van der Waals surface area contributed by atoms with Crippen LogP contribution in [0.15, 0.2) is 65.6 Å². The van der Waals surface area contributed by atoms with Crippen molar-refractivity contribution in [2.24, 2.45) is 11.7 Å². The molecule has 2 amide bonds. The number of nitrogens with two attached hydrogens (primary N) is 1. The Kier molecular flexibility index (Phi) is 6.59. The van der Waals surface area contributed by atoms with Gasteiger partial charge in [0.15, 0.2) is 0 Å². The summed E-state index contributed by atoms with van der Waals surface area (Å²) < 4.78 is 40.0. The van der Waals surface area contributed by atoms with Crippen LogP contribution < -0.4 is 11.1 Å². The molecule has 3 N–H and O–H groups in total. The number of carbonyl (C=O) groups is 2. The van der Waals surface area contributed by atoms with E-state index in [4.69, 9.17) is 5.73 Å². The number of benzene rings is 2. The van der Waals surface area contributed by atoms with Gasteiger partial charge in [-0.15, -0.1) is 11.3 Å².